The summed E-state index contributed by atoms with van der Waals surface area (Å²) in [5.41, 5.74) is 3.56. The van der Waals surface area contributed by atoms with Crippen molar-refractivity contribution in [2.75, 3.05) is 17.4 Å². The van der Waals surface area contributed by atoms with Gasteiger partial charge in [0.05, 0.1) is 10.6 Å². The van der Waals surface area contributed by atoms with Crippen LogP contribution in [-0.4, -0.2) is 44.3 Å². The number of carbonyl (C=O) groups excluding carboxylic acids is 2. The molecule has 0 aliphatic rings. The van der Waals surface area contributed by atoms with Gasteiger partial charge in [-0.15, -0.1) is 0 Å². The highest BCUT2D eigenvalue weighted by molar-refractivity contribution is 7.92. The summed E-state index contributed by atoms with van der Waals surface area (Å²) < 4.78 is 42.5. The molecule has 0 spiro atoms. The molecule has 0 heterocycles. The van der Waals surface area contributed by atoms with Crippen molar-refractivity contribution in [1.82, 2.24) is 10.2 Å². The summed E-state index contributed by atoms with van der Waals surface area (Å²) in [5.74, 6) is -1.32. The van der Waals surface area contributed by atoms with Crippen LogP contribution in [0.2, 0.25) is 0 Å². The summed E-state index contributed by atoms with van der Waals surface area (Å²) in [6.07, 6.45) is 1.69. The summed E-state index contributed by atoms with van der Waals surface area (Å²) in [6, 6.07) is 16.6. The van der Waals surface area contributed by atoms with Gasteiger partial charge in [-0.05, 0) is 87.2 Å². The van der Waals surface area contributed by atoms with Crippen LogP contribution >= 0.6 is 0 Å². The second-order valence-corrected chi connectivity index (χ2v) is 12.0. The topological polar surface area (TPSA) is 86.8 Å². The van der Waals surface area contributed by atoms with Crippen LogP contribution < -0.4 is 9.62 Å². The molecule has 0 unspecified atom stereocenters. The molecule has 1 N–H and O–H groups in total. The molecule has 3 rings (SSSR count). The third kappa shape index (κ3) is 7.91. The van der Waals surface area contributed by atoms with E-state index in [1.54, 1.807) is 43.3 Å². The predicted octanol–water partition coefficient (Wildman–Crippen LogP) is 5.28. The lowest BCUT2D eigenvalue weighted by atomic mass is 10.1. The third-order valence-electron chi connectivity index (χ3n) is 6.65. The number of carbonyl (C=O) groups is 2. The average Bonchev–Trinajstić information content (AvgIpc) is 2.90. The van der Waals surface area contributed by atoms with E-state index in [9.17, 15) is 22.4 Å². The fraction of sp³-hybridized carbons (Fsp3) is 0.355. The van der Waals surface area contributed by atoms with Crippen LogP contribution in [0.3, 0.4) is 0 Å². The van der Waals surface area contributed by atoms with E-state index >= 15 is 0 Å². The number of sulfonamides is 1. The van der Waals surface area contributed by atoms with Gasteiger partial charge in [0.1, 0.15) is 18.4 Å². The molecule has 9 heteroatoms. The molecule has 214 valence electrons. The number of aryl methyl sites for hydroxylation is 3. The molecule has 7 nitrogen and oxygen atoms in total. The summed E-state index contributed by atoms with van der Waals surface area (Å²) >= 11 is 0. The maximum absolute atomic E-state index is 13.9. The normalized spacial score (nSPS) is 12.1. The Morgan fingerprint density at radius 2 is 1.50 bits per heavy atom. The lowest BCUT2D eigenvalue weighted by Gasteiger charge is -2.32. The van der Waals surface area contributed by atoms with Crippen LogP contribution in [-0.2, 0) is 26.2 Å². The van der Waals surface area contributed by atoms with Gasteiger partial charge in [0, 0.05) is 13.1 Å². The fourth-order valence-electron chi connectivity index (χ4n) is 4.37. The van der Waals surface area contributed by atoms with Gasteiger partial charge in [-0.2, -0.15) is 0 Å². The number of nitrogens with one attached hydrogen (secondary N) is 1. The van der Waals surface area contributed by atoms with Gasteiger partial charge >= 0.3 is 0 Å². The van der Waals surface area contributed by atoms with Crippen molar-refractivity contribution in [3.63, 3.8) is 0 Å². The van der Waals surface area contributed by atoms with E-state index in [1.807, 2.05) is 33.8 Å². The van der Waals surface area contributed by atoms with Gasteiger partial charge in [-0.1, -0.05) is 49.2 Å². The standard InChI is InChI=1S/C31H38FN3O4S/c1-6-7-16-33-31(37)25(5)34(20-26-10-12-27(32)13-11-26)30(36)21-35(28-18-23(3)17-24(4)19-28)40(38,39)29-14-8-22(2)9-15-29/h8-15,17-19,25H,6-7,16,20-21H2,1-5H3,(H,33,37)/t25-/m1/s1. The largest absolute Gasteiger partial charge is 0.354 e. The highest BCUT2D eigenvalue weighted by Gasteiger charge is 2.32. The molecule has 0 saturated carbocycles. The molecule has 40 heavy (non-hydrogen) atoms. The van der Waals surface area contributed by atoms with E-state index in [2.05, 4.69) is 5.32 Å². The number of halogens is 1. The molecule has 0 aromatic heterocycles. The monoisotopic (exact) mass is 567 g/mol. The van der Waals surface area contributed by atoms with Crippen molar-refractivity contribution < 1.29 is 22.4 Å². The Morgan fingerprint density at radius 3 is 2.08 bits per heavy atom. The minimum absolute atomic E-state index is 0.00669. The van der Waals surface area contributed by atoms with E-state index in [-0.39, 0.29) is 17.3 Å². The number of unbranched alkanes of at least 4 members (excludes halogenated alkanes) is 1. The first-order valence-electron chi connectivity index (χ1n) is 13.4. The molecule has 0 saturated heterocycles. The van der Waals surface area contributed by atoms with Crippen LogP contribution in [0.25, 0.3) is 0 Å². The van der Waals surface area contributed by atoms with Crippen LogP contribution in [0.4, 0.5) is 10.1 Å². The number of benzene rings is 3. The number of anilines is 1. The summed E-state index contributed by atoms with van der Waals surface area (Å²) in [5, 5.41) is 2.85. The molecular weight excluding hydrogens is 529 g/mol. The second-order valence-electron chi connectivity index (χ2n) is 10.1. The van der Waals surface area contributed by atoms with Gasteiger partial charge in [0.2, 0.25) is 11.8 Å². The van der Waals surface area contributed by atoms with Crippen molar-refractivity contribution in [3.8, 4) is 0 Å². The van der Waals surface area contributed by atoms with Crippen molar-refractivity contribution in [3.05, 3.63) is 94.8 Å². The Kier molecular flexibility index (Phi) is 10.5. The lowest BCUT2D eigenvalue weighted by molar-refractivity contribution is -0.139. The maximum atomic E-state index is 13.9. The highest BCUT2D eigenvalue weighted by Crippen LogP contribution is 2.27. The molecule has 3 aromatic rings. The Bertz CT molecular complexity index is 1400. The number of nitrogens with zero attached hydrogens (tertiary/aromatic N) is 2. The smallest absolute Gasteiger partial charge is 0.264 e. The van der Waals surface area contributed by atoms with Crippen molar-refractivity contribution in [2.24, 2.45) is 0 Å². The third-order valence-corrected chi connectivity index (χ3v) is 8.43. The predicted molar refractivity (Wildman–Crippen MR) is 156 cm³/mol. The van der Waals surface area contributed by atoms with Gasteiger partial charge in [-0.25, -0.2) is 12.8 Å². The molecule has 0 bridgehead atoms. The number of amides is 2. The first-order valence-corrected chi connectivity index (χ1v) is 14.9. The van der Waals surface area contributed by atoms with Crippen LogP contribution in [0, 0.1) is 26.6 Å². The Hall–Kier alpha value is -3.72. The van der Waals surface area contributed by atoms with E-state index in [0.29, 0.717) is 17.8 Å². The minimum atomic E-state index is -4.14. The second kappa shape index (κ2) is 13.6. The SMILES string of the molecule is CCCCNC(=O)[C@@H](C)N(Cc1ccc(F)cc1)C(=O)CN(c1cc(C)cc(C)c1)S(=O)(=O)c1ccc(C)cc1. The summed E-state index contributed by atoms with van der Waals surface area (Å²) in [7, 11) is -4.14. The summed E-state index contributed by atoms with van der Waals surface area (Å²) in [4.78, 5) is 28.3. The molecule has 0 aliphatic carbocycles. The first kappa shape index (κ1) is 30.8. The maximum Gasteiger partial charge on any atom is 0.264 e. The van der Waals surface area contributed by atoms with E-state index in [4.69, 9.17) is 0 Å². The quantitative estimate of drug-likeness (QED) is 0.302. The zero-order chi connectivity index (χ0) is 29.4. The van der Waals surface area contributed by atoms with Crippen molar-refractivity contribution >= 4 is 27.5 Å². The van der Waals surface area contributed by atoms with Crippen LogP contribution in [0.15, 0.2) is 71.6 Å². The van der Waals surface area contributed by atoms with Crippen LogP contribution in [0.5, 0.6) is 0 Å². The lowest BCUT2D eigenvalue weighted by Crippen LogP contribution is -2.51. The molecular formula is C31H38FN3O4S. The van der Waals surface area contributed by atoms with Gasteiger partial charge in [0.25, 0.3) is 10.0 Å². The zero-order valence-electron chi connectivity index (χ0n) is 23.8. The Labute approximate surface area is 237 Å². The summed E-state index contributed by atoms with van der Waals surface area (Å²) in [6.45, 7) is 9.15. The fourth-order valence-corrected chi connectivity index (χ4v) is 5.76. The van der Waals surface area contributed by atoms with Gasteiger partial charge in [-0.3, -0.25) is 13.9 Å². The van der Waals surface area contributed by atoms with Crippen LogP contribution in [0.1, 0.15) is 48.9 Å². The van der Waals surface area contributed by atoms with E-state index in [0.717, 1.165) is 33.8 Å². The molecule has 0 radical (unpaired) electrons. The van der Waals surface area contributed by atoms with Gasteiger partial charge in [0.15, 0.2) is 0 Å². The molecule has 0 fully saturated rings. The molecule has 2 amide bonds. The van der Waals surface area contributed by atoms with E-state index < -0.39 is 34.3 Å². The molecule has 0 aliphatic heterocycles. The average molecular weight is 568 g/mol. The Morgan fingerprint density at radius 1 is 0.900 bits per heavy atom. The Balaban J connectivity index is 2.03. The van der Waals surface area contributed by atoms with Crippen molar-refractivity contribution in [2.45, 2.75) is 64.9 Å². The number of rotatable bonds is 12. The number of hydrogen-bond donors (Lipinski definition) is 1. The zero-order valence-corrected chi connectivity index (χ0v) is 24.6. The highest BCUT2D eigenvalue weighted by atomic mass is 32.2. The minimum Gasteiger partial charge on any atom is -0.354 e. The first-order chi connectivity index (χ1) is 18.9. The van der Waals surface area contributed by atoms with Gasteiger partial charge < -0.3 is 10.2 Å². The van der Waals surface area contributed by atoms with Crippen molar-refractivity contribution in [1.29, 1.82) is 0 Å². The molecule has 3 aromatic carbocycles. The van der Waals surface area contributed by atoms with E-state index in [1.165, 1.54) is 29.2 Å². The molecule has 1 atom stereocenters. The number of hydrogen-bond acceptors (Lipinski definition) is 4.